The molecule has 4 heteroatoms. The van der Waals surface area contributed by atoms with Crippen LogP contribution in [0, 0.1) is 13.8 Å². The van der Waals surface area contributed by atoms with Crippen LogP contribution in [0.15, 0.2) is 65.1 Å². The van der Waals surface area contributed by atoms with Crippen LogP contribution in [0.25, 0.3) is 22.6 Å². The van der Waals surface area contributed by atoms with Gasteiger partial charge in [-0.3, -0.25) is 4.79 Å². The summed E-state index contributed by atoms with van der Waals surface area (Å²) in [5.74, 6) is 0.901. The number of carbonyl (C=O) groups is 1. The third kappa shape index (κ3) is 3.99. The van der Waals surface area contributed by atoms with Crippen molar-refractivity contribution in [2.24, 2.45) is 0 Å². The van der Waals surface area contributed by atoms with E-state index in [4.69, 9.17) is 4.42 Å². The summed E-state index contributed by atoms with van der Waals surface area (Å²) in [7, 11) is 0. The van der Waals surface area contributed by atoms with E-state index in [1.54, 1.807) is 0 Å². The van der Waals surface area contributed by atoms with E-state index in [9.17, 15) is 4.79 Å². The Balaban J connectivity index is 1.59. The molecule has 30 heavy (non-hydrogen) atoms. The molecular formula is C26H26N2O2. The highest BCUT2D eigenvalue weighted by molar-refractivity contribution is 6.04. The van der Waals surface area contributed by atoms with Crippen LogP contribution >= 0.6 is 0 Å². The number of fused-ring (bicyclic) bond motifs is 1. The summed E-state index contributed by atoms with van der Waals surface area (Å²) in [6, 6.07) is 19.5. The number of benzene rings is 3. The second kappa shape index (κ2) is 8.15. The second-order valence-corrected chi connectivity index (χ2v) is 7.89. The number of amides is 1. The monoisotopic (exact) mass is 398 g/mol. The van der Waals surface area contributed by atoms with Crippen molar-refractivity contribution in [3.63, 3.8) is 0 Å². The first-order valence-corrected chi connectivity index (χ1v) is 10.3. The standard InChI is InChI=1S/C26H26N2O2/c1-5-16(2)19-11-12-24-23(15-19)28-26(30-24)21-7-6-8-22(14-21)27-25(29)20-10-9-17(3)18(4)13-20/h6-16H,5H2,1-4H3,(H,27,29). The van der Waals surface area contributed by atoms with Crippen molar-refractivity contribution in [1.82, 2.24) is 4.98 Å². The summed E-state index contributed by atoms with van der Waals surface area (Å²) in [5, 5.41) is 2.97. The van der Waals surface area contributed by atoms with Crippen LogP contribution < -0.4 is 5.32 Å². The number of hydrogen-bond acceptors (Lipinski definition) is 3. The van der Waals surface area contributed by atoms with Crippen molar-refractivity contribution in [2.75, 3.05) is 5.32 Å². The zero-order valence-corrected chi connectivity index (χ0v) is 17.8. The van der Waals surface area contributed by atoms with Crippen molar-refractivity contribution in [2.45, 2.75) is 40.0 Å². The minimum absolute atomic E-state index is 0.133. The molecule has 0 radical (unpaired) electrons. The Morgan fingerprint density at radius 3 is 2.63 bits per heavy atom. The molecule has 0 saturated carbocycles. The summed E-state index contributed by atoms with van der Waals surface area (Å²) >= 11 is 0. The van der Waals surface area contributed by atoms with Crippen molar-refractivity contribution in [3.05, 3.63) is 82.9 Å². The van der Waals surface area contributed by atoms with Gasteiger partial charge in [-0.2, -0.15) is 0 Å². The van der Waals surface area contributed by atoms with Crippen molar-refractivity contribution >= 4 is 22.7 Å². The maximum atomic E-state index is 12.6. The van der Waals surface area contributed by atoms with Crippen LogP contribution in [0.2, 0.25) is 0 Å². The Bertz CT molecular complexity index is 1220. The summed E-state index contributed by atoms with van der Waals surface area (Å²) < 4.78 is 5.97. The molecule has 1 N–H and O–H groups in total. The topological polar surface area (TPSA) is 55.1 Å². The maximum Gasteiger partial charge on any atom is 0.255 e. The lowest BCUT2D eigenvalue weighted by atomic mass is 9.98. The number of carbonyl (C=O) groups excluding carboxylic acids is 1. The van der Waals surface area contributed by atoms with Crippen molar-refractivity contribution in [1.29, 1.82) is 0 Å². The van der Waals surface area contributed by atoms with Gasteiger partial charge in [-0.15, -0.1) is 0 Å². The zero-order valence-electron chi connectivity index (χ0n) is 17.8. The van der Waals surface area contributed by atoms with Gasteiger partial charge in [-0.25, -0.2) is 4.98 Å². The normalized spacial score (nSPS) is 12.1. The number of rotatable bonds is 5. The smallest absolute Gasteiger partial charge is 0.255 e. The summed E-state index contributed by atoms with van der Waals surface area (Å²) in [5.41, 5.74) is 7.32. The molecule has 0 aliphatic heterocycles. The number of anilines is 1. The molecule has 1 atom stereocenters. The van der Waals surface area contributed by atoms with Gasteiger partial charge in [0.1, 0.15) is 5.52 Å². The number of nitrogens with one attached hydrogen (secondary N) is 1. The van der Waals surface area contributed by atoms with Crippen LogP contribution in [0.5, 0.6) is 0 Å². The third-order valence-corrected chi connectivity index (χ3v) is 5.73. The predicted molar refractivity (Wildman–Crippen MR) is 122 cm³/mol. The highest BCUT2D eigenvalue weighted by atomic mass is 16.3. The van der Waals surface area contributed by atoms with E-state index in [1.165, 1.54) is 11.1 Å². The number of oxazole rings is 1. The van der Waals surface area contributed by atoms with Gasteiger partial charge in [0.2, 0.25) is 5.89 Å². The Morgan fingerprint density at radius 1 is 1.03 bits per heavy atom. The van der Waals surface area contributed by atoms with E-state index in [-0.39, 0.29) is 5.91 Å². The molecule has 0 aliphatic carbocycles. The van der Waals surface area contributed by atoms with E-state index in [0.29, 0.717) is 23.1 Å². The average molecular weight is 399 g/mol. The highest BCUT2D eigenvalue weighted by Gasteiger charge is 2.13. The predicted octanol–water partition coefficient (Wildman–Crippen LogP) is 6.88. The number of nitrogens with zero attached hydrogens (tertiary/aromatic N) is 1. The van der Waals surface area contributed by atoms with Crippen LogP contribution in [-0.2, 0) is 0 Å². The van der Waals surface area contributed by atoms with Crippen LogP contribution in [0.1, 0.15) is 53.2 Å². The number of aromatic nitrogens is 1. The molecule has 1 aromatic heterocycles. The molecule has 0 saturated heterocycles. The first-order chi connectivity index (χ1) is 14.4. The van der Waals surface area contributed by atoms with Gasteiger partial charge in [0.25, 0.3) is 5.91 Å². The first-order valence-electron chi connectivity index (χ1n) is 10.3. The van der Waals surface area contributed by atoms with E-state index in [1.807, 2.05) is 62.4 Å². The molecule has 1 unspecified atom stereocenters. The Labute approximate surface area is 177 Å². The lowest BCUT2D eigenvalue weighted by Gasteiger charge is -2.08. The van der Waals surface area contributed by atoms with Crippen LogP contribution in [0.4, 0.5) is 5.69 Å². The minimum atomic E-state index is -0.133. The van der Waals surface area contributed by atoms with Gasteiger partial charge in [0, 0.05) is 16.8 Å². The largest absolute Gasteiger partial charge is 0.436 e. The number of aryl methyl sites for hydroxylation is 2. The molecule has 1 heterocycles. The van der Waals surface area contributed by atoms with Gasteiger partial charge >= 0.3 is 0 Å². The number of hydrogen-bond donors (Lipinski definition) is 1. The fourth-order valence-corrected chi connectivity index (χ4v) is 3.43. The summed E-state index contributed by atoms with van der Waals surface area (Å²) in [4.78, 5) is 17.3. The molecule has 3 aromatic carbocycles. The van der Waals surface area contributed by atoms with E-state index in [0.717, 1.165) is 28.6 Å². The molecule has 4 rings (SSSR count). The average Bonchev–Trinajstić information content (AvgIpc) is 3.18. The van der Waals surface area contributed by atoms with Crippen molar-refractivity contribution in [3.8, 4) is 11.5 Å². The molecule has 0 bridgehead atoms. The minimum Gasteiger partial charge on any atom is -0.436 e. The van der Waals surface area contributed by atoms with Gasteiger partial charge in [-0.1, -0.05) is 32.0 Å². The molecule has 4 aromatic rings. The lowest BCUT2D eigenvalue weighted by Crippen LogP contribution is -2.12. The zero-order chi connectivity index (χ0) is 21.3. The molecule has 1 amide bonds. The molecule has 4 nitrogen and oxygen atoms in total. The third-order valence-electron chi connectivity index (χ3n) is 5.73. The Kier molecular flexibility index (Phi) is 5.40. The molecule has 0 fully saturated rings. The second-order valence-electron chi connectivity index (χ2n) is 7.89. The quantitative estimate of drug-likeness (QED) is 0.399. The van der Waals surface area contributed by atoms with Gasteiger partial charge in [0.05, 0.1) is 0 Å². The van der Waals surface area contributed by atoms with Gasteiger partial charge < -0.3 is 9.73 Å². The summed E-state index contributed by atoms with van der Waals surface area (Å²) in [6.07, 6.45) is 1.08. The fraction of sp³-hybridized carbons (Fsp3) is 0.231. The molecular weight excluding hydrogens is 372 g/mol. The SMILES string of the molecule is CCC(C)c1ccc2oc(-c3cccc(NC(=O)c4ccc(C)c(C)c4)c3)nc2c1. The van der Waals surface area contributed by atoms with Gasteiger partial charge in [-0.05, 0) is 85.3 Å². The van der Waals surface area contributed by atoms with E-state index >= 15 is 0 Å². The maximum absolute atomic E-state index is 12.6. The lowest BCUT2D eigenvalue weighted by molar-refractivity contribution is 0.102. The highest BCUT2D eigenvalue weighted by Crippen LogP contribution is 2.29. The Morgan fingerprint density at radius 2 is 1.87 bits per heavy atom. The van der Waals surface area contributed by atoms with Gasteiger partial charge in [0.15, 0.2) is 5.58 Å². The summed E-state index contributed by atoms with van der Waals surface area (Å²) in [6.45, 7) is 8.43. The fourth-order valence-electron chi connectivity index (χ4n) is 3.43. The van der Waals surface area contributed by atoms with E-state index < -0.39 is 0 Å². The Hall–Kier alpha value is -3.40. The van der Waals surface area contributed by atoms with Crippen LogP contribution in [-0.4, -0.2) is 10.9 Å². The van der Waals surface area contributed by atoms with Crippen molar-refractivity contribution < 1.29 is 9.21 Å². The molecule has 0 aliphatic rings. The van der Waals surface area contributed by atoms with E-state index in [2.05, 4.69) is 36.3 Å². The molecule has 152 valence electrons. The first kappa shape index (κ1) is 19.9. The molecule has 0 spiro atoms. The van der Waals surface area contributed by atoms with Crippen LogP contribution in [0.3, 0.4) is 0 Å².